The molecule has 2 bridgehead atoms. The molecule has 2 atom stereocenters. The van der Waals surface area contributed by atoms with Crippen LogP contribution in [0.3, 0.4) is 0 Å². The van der Waals surface area contributed by atoms with Crippen molar-refractivity contribution in [1.29, 1.82) is 0 Å². The number of aryl methyl sites for hydroxylation is 1. The molecule has 5 heterocycles. The monoisotopic (exact) mass is 502 g/mol. The Labute approximate surface area is 202 Å². The Hall–Kier alpha value is -3.36. The maximum absolute atomic E-state index is 13.3. The standard InChI is InChI=1S/C21H26N8O5S/c1-2-6-27-11-16(9-23-27)35(31,32)29-12-17-19(13-29)34-14-15-10-28(26-25-15)7-8-33-18-4-3-5-22-20(18)21(30)24-17/h3-5,9-11,17,19H,2,6-8,12-14H2,1H3,(H,24,30)/t17-,19-/m0/s1. The molecule has 2 aliphatic rings. The highest BCUT2D eigenvalue weighted by atomic mass is 32.2. The summed E-state index contributed by atoms with van der Waals surface area (Å²) < 4.78 is 43.0. The summed E-state index contributed by atoms with van der Waals surface area (Å²) in [5.41, 5.74) is 0.709. The highest BCUT2D eigenvalue weighted by Crippen LogP contribution is 2.25. The first-order valence-electron chi connectivity index (χ1n) is 11.4. The number of sulfonamides is 1. The number of carbonyl (C=O) groups is 1. The number of fused-ring (bicyclic) bond motifs is 4. The van der Waals surface area contributed by atoms with Crippen molar-refractivity contribution in [2.75, 3.05) is 19.7 Å². The maximum Gasteiger partial charge on any atom is 0.274 e. The molecule has 5 rings (SSSR count). The van der Waals surface area contributed by atoms with Crippen molar-refractivity contribution in [3.63, 3.8) is 0 Å². The third-order valence-electron chi connectivity index (χ3n) is 5.84. The SMILES string of the molecule is CCCn1cc(S(=O)(=O)N2C[C@@H]3NC(=O)c4ncccc4OCCn4cc(nn4)CO[C@H]3C2)cn1. The minimum Gasteiger partial charge on any atom is -0.489 e. The molecule has 0 radical (unpaired) electrons. The van der Waals surface area contributed by atoms with Gasteiger partial charge in [-0.3, -0.25) is 9.48 Å². The molecule has 13 nitrogen and oxygen atoms in total. The van der Waals surface area contributed by atoms with Gasteiger partial charge in [-0.15, -0.1) is 5.10 Å². The molecule has 0 aromatic carbocycles. The lowest BCUT2D eigenvalue weighted by molar-refractivity contribution is 0.0320. The van der Waals surface area contributed by atoms with Gasteiger partial charge in [-0.25, -0.2) is 18.1 Å². The van der Waals surface area contributed by atoms with Gasteiger partial charge in [0.05, 0.1) is 37.7 Å². The first-order chi connectivity index (χ1) is 16.9. The average molecular weight is 503 g/mol. The van der Waals surface area contributed by atoms with E-state index in [0.717, 1.165) is 6.42 Å². The Morgan fingerprint density at radius 2 is 2.14 bits per heavy atom. The van der Waals surface area contributed by atoms with E-state index in [-0.39, 0.29) is 36.9 Å². The zero-order chi connectivity index (χ0) is 24.4. The number of nitrogens with one attached hydrogen (secondary N) is 1. The van der Waals surface area contributed by atoms with E-state index in [2.05, 4.69) is 25.7 Å². The number of pyridine rings is 1. The quantitative estimate of drug-likeness (QED) is 0.523. The second-order valence-electron chi connectivity index (χ2n) is 8.36. The summed E-state index contributed by atoms with van der Waals surface area (Å²) in [6.07, 6.45) is 6.34. The predicted octanol–water partition coefficient (Wildman–Crippen LogP) is 0.0603. The summed E-state index contributed by atoms with van der Waals surface area (Å²) in [7, 11) is -3.84. The molecule has 186 valence electrons. The highest BCUT2D eigenvalue weighted by Gasteiger charge is 2.42. The molecule has 1 amide bonds. The number of ether oxygens (including phenoxy) is 2. The van der Waals surface area contributed by atoms with Gasteiger partial charge in [-0.1, -0.05) is 12.1 Å². The smallest absolute Gasteiger partial charge is 0.274 e. The third-order valence-corrected chi connectivity index (χ3v) is 7.63. The topological polar surface area (TPSA) is 146 Å². The van der Waals surface area contributed by atoms with Crippen LogP contribution in [0.5, 0.6) is 5.75 Å². The normalized spacial score (nSPS) is 21.5. The van der Waals surface area contributed by atoms with Crippen LogP contribution in [0.1, 0.15) is 29.5 Å². The number of aromatic nitrogens is 6. The van der Waals surface area contributed by atoms with Gasteiger partial charge in [0.2, 0.25) is 10.0 Å². The summed E-state index contributed by atoms with van der Waals surface area (Å²) in [6, 6.07) is 2.72. The molecule has 0 aliphatic carbocycles. The van der Waals surface area contributed by atoms with E-state index in [4.69, 9.17) is 9.47 Å². The Morgan fingerprint density at radius 1 is 1.26 bits per heavy atom. The van der Waals surface area contributed by atoms with Crippen LogP contribution < -0.4 is 10.1 Å². The van der Waals surface area contributed by atoms with Gasteiger partial charge in [0.15, 0.2) is 11.4 Å². The van der Waals surface area contributed by atoms with E-state index in [1.807, 2.05) is 6.92 Å². The maximum atomic E-state index is 13.3. The first-order valence-corrected chi connectivity index (χ1v) is 12.8. The zero-order valence-corrected chi connectivity index (χ0v) is 20.0. The Balaban J connectivity index is 1.42. The fourth-order valence-corrected chi connectivity index (χ4v) is 5.52. The van der Waals surface area contributed by atoms with Crippen LogP contribution in [0.2, 0.25) is 0 Å². The molecule has 1 fully saturated rings. The predicted molar refractivity (Wildman–Crippen MR) is 121 cm³/mol. The van der Waals surface area contributed by atoms with Crippen molar-refractivity contribution in [3.8, 4) is 5.75 Å². The van der Waals surface area contributed by atoms with Gasteiger partial charge in [0.1, 0.15) is 17.2 Å². The number of carbonyl (C=O) groups excluding carboxylic acids is 1. The minimum absolute atomic E-state index is 0.0351. The molecule has 14 heteroatoms. The summed E-state index contributed by atoms with van der Waals surface area (Å²) in [4.78, 5) is 17.4. The third kappa shape index (κ3) is 4.90. The first kappa shape index (κ1) is 23.4. The van der Waals surface area contributed by atoms with E-state index in [0.29, 0.717) is 24.5 Å². The lowest BCUT2D eigenvalue weighted by Gasteiger charge is -2.20. The Bertz CT molecular complexity index is 1310. The molecule has 3 aromatic rings. The fourth-order valence-electron chi connectivity index (χ4n) is 4.09. The van der Waals surface area contributed by atoms with Crippen LogP contribution in [0, 0.1) is 0 Å². The Morgan fingerprint density at radius 3 is 3.00 bits per heavy atom. The lowest BCUT2D eigenvalue weighted by Crippen LogP contribution is -2.44. The average Bonchev–Trinajstić information content (AvgIpc) is 3.58. The van der Waals surface area contributed by atoms with E-state index in [9.17, 15) is 13.2 Å². The van der Waals surface area contributed by atoms with Gasteiger partial charge >= 0.3 is 0 Å². The van der Waals surface area contributed by atoms with Crippen molar-refractivity contribution in [2.24, 2.45) is 0 Å². The molecule has 2 aliphatic heterocycles. The van der Waals surface area contributed by atoms with Gasteiger partial charge in [-0.05, 0) is 18.6 Å². The highest BCUT2D eigenvalue weighted by molar-refractivity contribution is 7.89. The summed E-state index contributed by atoms with van der Waals surface area (Å²) in [6.45, 7) is 3.51. The van der Waals surface area contributed by atoms with Gasteiger partial charge in [0, 0.05) is 32.0 Å². The van der Waals surface area contributed by atoms with Crippen LogP contribution in [0.25, 0.3) is 0 Å². The lowest BCUT2D eigenvalue weighted by atomic mass is 10.2. The molecular formula is C21H26N8O5S. The van der Waals surface area contributed by atoms with Crippen molar-refractivity contribution in [3.05, 3.63) is 48.3 Å². The van der Waals surface area contributed by atoms with Gasteiger partial charge in [0.25, 0.3) is 5.91 Å². The zero-order valence-electron chi connectivity index (χ0n) is 19.1. The van der Waals surface area contributed by atoms with Crippen LogP contribution in [0.15, 0.2) is 41.8 Å². The number of rotatable bonds is 4. The molecule has 0 unspecified atom stereocenters. The van der Waals surface area contributed by atoms with Crippen LogP contribution >= 0.6 is 0 Å². The summed E-state index contributed by atoms with van der Waals surface area (Å²) in [5.74, 6) is -0.145. The Kier molecular flexibility index (Phi) is 6.49. The van der Waals surface area contributed by atoms with E-state index in [1.165, 1.54) is 22.9 Å². The number of hydrogen-bond acceptors (Lipinski definition) is 9. The van der Waals surface area contributed by atoms with E-state index < -0.39 is 28.1 Å². The minimum atomic E-state index is -3.84. The number of amides is 1. The van der Waals surface area contributed by atoms with Crippen molar-refractivity contribution in [1.82, 2.24) is 39.4 Å². The second kappa shape index (κ2) is 9.71. The fraction of sp³-hybridized carbons (Fsp3) is 0.476. The van der Waals surface area contributed by atoms with Crippen LogP contribution in [-0.2, 0) is 34.5 Å². The van der Waals surface area contributed by atoms with Gasteiger partial charge < -0.3 is 14.8 Å². The van der Waals surface area contributed by atoms with Crippen molar-refractivity contribution >= 4 is 15.9 Å². The molecule has 0 saturated carbocycles. The summed E-state index contributed by atoms with van der Waals surface area (Å²) in [5, 5.41) is 15.2. The largest absolute Gasteiger partial charge is 0.489 e. The van der Waals surface area contributed by atoms with Gasteiger partial charge in [-0.2, -0.15) is 9.40 Å². The number of nitrogens with zero attached hydrogens (tertiary/aromatic N) is 7. The van der Waals surface area contributed by atoms with Crippen molar-refractivity contribution in [2.45, 2.75) is 50.1 Å². The molecule has 1 N–H and O–H groups in total. The number of hydrogen-bond donors (Lipinski definition) is 1. The van der Waals surface area contributed by atoms with Crippen LogP contribution in [0.4, 0.5) is 0 Å². The summed E-state index contributed by atoms with van der Waals surface area (Å²) >= 11 is 0. The van der Waals surface area contributed by atoms with Crippen molar-refractivity contribution < 1.29 is 22.7 Å². The molecule has 35 heavy (non-hydrogen) atoms. The molecular weight excluding hydrogens is 476 g/mol. The second-order valence-corrected chi connectivity index (χ2v) is 10.3. The van der Waals surface area contributed by atoms with E-state index >= 15 is 0 Å². The molecule has 0 spiro atoms. The van der Waals surface area contributed by atoms with Crippen LogP contribution in [-0.4, -0.2) is 80.2 Å². The van der Waals surface area contributed by atoms with E-state index in [1.54, 1.807) is 27.7 Å². The molecule has 1 saturated heterocycles. The molecule has 3 aromatic heterocycles.